The highest BCUT2D eigenvalue weighted by Gasteiger charge is 2.30. The number of rotatable bonds is 7. The quantitative estimate of drug-likeness (QED) is 0.637. The Kier molecular flexibility index (Phi) is 8.39. The van der Waals surface area contributed by atoms with Gasteiger partial charge >= 0.3 is 12.1 Å². The summed E-state index contributed by atoms with van der Waals surface area (Å²) in [5, 5.41) is 0. The summed E-state index contributed by atoms with van der Waals surface area (Å²) >= 11 is 0. The van der Waals surface area contributed by atoms with E-state index in [1.165, 1.54) is 14.2 Å². The number of piperidine rings is 1. The summed E-state index contributed by atoms with van der Waals surface area (Å²) in [5.74, 6) is -0.518. The zero-order valence-electron chi connectivity index (χ0n) is 14.1. The summed E-state index contributed by atoms with van der Waals surface area (Å²) in [5.41, 5.74) is 0. The molecule has 8 heteroatoms. The number of methoxy groups -OCH3 is 2. The van der Waals surface area contributed by atoms with Crippen LogP contribution < -0.4 is 0 Å². The second kappa shape index (κ2) is 10.0. The molecule has 1 saturated heterocycles. The number of hydrogen-bond acceptors (Lipinski definition) is 6. The Bertz CT molecular complexity index is 407. The Labute approximate surface area is 136 Å². The fraction of sp³-hybridized carbons (Fsp3) is 0.800. The van der Waals surface area contributed by atoms with E-state index in [2.05, 4.69) is 4.74 Å². The third kappa shape index (κ3) is 6.05. The molecule has 1 heterocycles. The van der Waals surface area contributed by atoms with Crippen LogP contribution in [0.15, 0.2) is 0 Å². The molecule has 1 aliphatic heterocycles. The van der Waals surface area contributed by atoms with Gasteiger partial charge in [0, 0.05) is 32.8 Å². The number of carbonyl (C=O) groups excluding carboxylic acids is 3. The van der Waals surface area contributed by atoms with Crippen LogP contribution in [-0.4, -0.2) is 80.9 Å². The summed E-state index contributed by atoms with van der Waals surface area (Å²) < 4.78 is 14.5. The van der Waals surface area contributed by atoms with Crippen molar-refractivity contribution in [3.8, 4) is 0 Å². The molecule has 0 aromatic carbocycles. The molecule has 0 spiro atoms. The van der Waals surface area contributed by atoms with Crippen LogP contribution in [0.3, 0.4) is 0 Å². The molecule has 1 fully saturated rings. The maximum atomic E-state index is 12.2. The number of carbonyl (C=O) groups is 3. The van der Waals surface area contributed by atoms with Crippen molar-refractivity contribution >= 4 is 18.0 Å². The second-order valence-corrected chi connectivity index (χ2v) is 5.26. The van der Waals surface area contributed by atoms with Gasteiger partial charge in [-0.25, -0.2) is 4.79 Å². The van der Waals surface area contributed by atoms with Crippen LogP contribution in [-0.2, 0) is 23.8 Å². The molecule has 8 nitrogen and oxygen atoms in total. The molecular formula is C15H26N2O6. The highest BCUT2D eigenvalue weighted by molar-refractivity contribution is 5.78. The fourth-order valence-electron chi connectivity index (χ4n) is 2.61. The lowest BCUT2D eigenvalue weighted by Crippen LogP contribution is -2.50. The van der Waals surface area contributed by atoms with Crippen molar-refractivity contribution < 1.29 is 28.6 Å². The normalized spacial score (nSPS) is 15.2. The van der Waals surface area contributed by atoms with E-state index in [0.717, 1.165) is 0 Å². The van der Waals surface area contributed by atoms with E-state index in [1.54, 1.807) is 16.7 Å². The van der Waals surface area contributed by atoms with E-state index in [0.29, 0.717) is 39.1 Å². The van der Waals surface area contributed by atoms with Gasteiger partial charge in [0.1, 0.15) is 6.61 Å². The Morgan fingerprint density at radius 3 is 2.35 bits per heavy atom. The second-order valence-electron chi connectivity index (χ2n) is 5.26. The summed E-state index contributed by atoms with van der Waals surface area (Å²) in [6, 6.07) is -0.0204. The molecule has 0 N–H and O–H groups in total. The average Bonchev–Trinajstić information content (AvgIpc) is 2.55. The number of esters is 1. The first kappa shape index (κ1) is 19.2. The smallest absolute Gasteiger partial charge is 0.409 e. The molecule has 0 bridgehead atoms. The first-order valence-corrected chi connectivity index (χ1v) is 7.80. The SMILES string of the molecule is CCOC(=O)N1CCC(N(CCC(=O)OC)C(=O)COC)CC1. The summed E-state index contributed by atoms with van der Waals surface area (Å²) in [6.45, 7) is 3.42. The minimum atomic E-state index is -0.357. The first-order chi connectivity index (χ1) is 11.0. The van der Waals surface area contributed by atoms with Crippen molar-refractivity contribution in [1.29, 1.82) is 0 Å². The van der Waals surface area contributed by atoms with Gasteiger partial charge < -0.3 is 24.0 Å². The van der Waals surface area contributed by atoms with E-state index in [1.807, 2.05) is 0 Å². The van der Waals surface area contributed by atoms with Gasteiger partial charge in [-0.2, -0.15) is 0 Å². The van der Waals surface area contributed by atoms with E-state index in [9.17, 15) is 14.4 Å². The van der Waals surface area contributed by atoms with Crippen LogP contribution in [0.4, 0.5) is 4.79 Å². The zero-order valence-corrected chi connectivity index (χ0v) is 14.1. The topological polar surface area (TPSA) is 85.4 Å². The van der Waals surface area contributed by atoms with Gasteiger partial charge in [-0.05, 0) is 19.8 Å². The van der Waals surface area contributed by atoms with Gasteiger partial charge in [-0.1, -0.05) is 0 Å². The number of ether oxygens (including phenoxy) is 3. The summed E-state index contributed by atoms with van der Waals surface area (Å²) in [7, 11) is 2.78. The Balaban J connectivity index is 2.60. The van der Waals surface area contributed by atoms with Crippen LogP contribution in [0.2, 0.25) is 0 Å². The van der Waals surface area contributed by atoms with E-state index in [-0.39, 0.29) is 37.0 Å². The minimum absolute atomic E-state index is 0.0204. The van der Waals surface area contributed by atoms with Crippen molar-refractivity contribution in [2.24, 2.45) is 0 Å². The molecule has 132 valence electrons. The molecular weight excluding hydrogens is 304 g/mol. The number of nitrogens with zero attached hydrogens (tertiary/aromatic N) is 2. The standard InChI is InChI=1S/C15H26N2O6/c1-4-23-15(20)16-8-5-12(6-9-16)17(13(18)11-21-2)10-7-14(19)22-3/h12H,4-11H2,1-3H3. The molecule has 0 radical (unpaired) electrons. The van der Waals surface area contributed by atoms with Crippen LogP contribution in [0.25, 0.3) is 0 Å². The van der Waals surface area contributed by atoms with Crippen molar-refractivity contribution in [2.45, 2.75) is 32.2 Å². The zero-order chi connectivity index (χ0) is 17.2. The maximum absolute atomic E-state index is 12.2. The van der Waals surface area contributed by atoms with Crippen LogP contribution in [0.1, 0.15) is 26.2 Å². The third-order valence-electron chi connectivity index (χ3n) is 3.80. The van der Waals surface area contributed by atoms with Gasteiger partial charge in [-0.15, -0.1) is 0 Å². The molecule has 0 unspecified atom stereocenters. The van der Waals surface area contributed by atoms with E-state index in [4.69, 9.17) is 9.47 Å². The van der Waals surface area contributed by atoms with Crippen molar-refractivity contribution in [3.05, 3.63) is 0 Å². The van der Waals surface area contributed by atoms with Gasteiger partial charge in [0.25, 0.3) is 0 Å². The number of amides is 2. The summed E-state index contributed by atoms with van der Waals surface area (Å²) in [6.07, 6.45) is 1.12. The highest BCUT2D eigenvalue weighted by atomic mass is 16.6. The molecule has 2 amide bonds. The first-order valence-electron chi connectivity index (χ1n) is 7.80. The molecule has 0 aliphatic carbocycles. The maximum Gasteiger partial charge on any atom is 0.409 e. The Morgan fingerprint density at radius 1 is 1.17 bits per heavy atom. The van der Waals surface area contributed by atoms with E-state index < -0.39 is 0 Å². The molecule has 0 saturated carbocycles. The van der Waals surface area contributed by atoms with Crippen molar-refractivity contribution in [3.63, 3.8) is 0 Å². The van der Waals surface area contributed by atoms with Crippen LogP contribution in [0, 0.1) is 0 Å². The molecule has 0 atom stereocenters. The van der Waals surface area contributed by atoms with Gasteiger partial charge in [-0.3, -0.25) is 9.59 Å². The lowest BCUT2D eigenvalue weighted by molar-refractivity contribution is -0.143. The molecule has 1 aliphatic rings. The van der Waals surface area contributed by atoms with E-state index >= 15 is 0 Å². The predicted octanol–water partition coefficient (Wildman–Crippen LogP) is 0.645. The van der Waals surface area contributed by atoms with Crippen molar-refractivity contribution in [2.75, 3.05) is 47.1 Å². The molecule has 0 aromatic rings. The largest absolute Gasteiger partial charge is 0.469 e. The minimum Gasteiger partial charge on any atom is -0.469 e. The van der Waals surface area contributed by atoms with Gasteiger partial charge in [0.2, 0.25) is 5.91 Å². The monoisotopic (exact) mass is 330 g/mol. The van der Waals surface area contributed by atoms with Crippen molar-refractivity contribution in [1.82, 2.24) is 9.80 Å². The Morgan fingerprint density at radius 2 is 1.83 bits per heavy atom. The molecule has 23 heavy (non-hydrogen) atoms. The van der Waals surface area contributed by atoms with Crippen LogP contribution in [0.5, 0.6) is 0 Å². The lowest BCUT2D eigenvalue weighted by Gasteiger charge is -2.38. The number of likely N-dealkylation sites (tertiary alicyclic amines) is 1. The van der Waals surface area contributed by atoms with Gasteiger partial charge in [0.05, 0.1) is 20.1 Å². The molecule has 0 aromatic heterocycles. The highest BCUT2D eigenvalue weighted by Crippen LogP contribution is 2.18. The lowest BCUT2D eigenvalue weighted by atomic mass is 10.0. The number of hydrogen-bond donors (Lipinski definition) is 0. The Hall–Kier alpha value is -1.83. The molecule has 1 rings (SSSR count). The summed E-state index contributed by atoms with van der Waals surface area (Å²) in [4.78, 5) is 38.5. The van der Waals surface area contributed by atoms with Crippen LogP contribution >= 0.6 is 0 Å². The fourth-order valence-corrected chi connectivity index (χ4v) is 2.61. The predicted molar refractivity (Wildman–Crippen MR) is 81.8 cm³/mol. The average molecular weight is 330 g/mol. The third-order valence-corrected chi connectivity index (χ3v) is 3.80. The van der Waals surface area contributed by atoms with Gasteiger partial charge in [0.15, 0.2) is 0 Å².